The van der Waals surface area contributed by atoms with Gasteiger partial charge < -0.3 is 4.43 Å². The van der Waals surface area contributed by atoms with Crippen LogP contribution in [0.5, 0.6) is 0 Å². The van der Waals surface area contributed by atoms with Gasteiger partial charge in [-0.25, -0.2) is 0 Å². The first-order valence-corrected chi connectivity index (χ1v) is 13.9. The molecule has 0 unspecified atom stereocenters. The summed E-state index contributed by atoms with van der Waals surface area (Å²) in [7, 11) is -1.94. The predicted octanol–water partition coefficient (Wildman–Crippen LogP) is 7.72. The molecule has 25 heavy (non-hydrogen) atoms. The third-order valence-electron chi connectivity index (χ3n) is 4.85. The summed E-state index contributed by atoms with van der Waals surface area (Å²) in [6.07, 6.45) is 20.8. The highest BCUT2D eigenvalue weighted by molar-refractivity contribution is 6.77. The van der Waals surface area contributed by atoms with Crippen molar-refractivity contribution in [3.05, 3.63) is 12.3 Å². The Morgan fingerprint density at radius 3 is 1.48 bits per heavy atom. The van der Waals surface area contributed by atoms with Crippen molar-refractivity contribution in [2.24, 2.45) is 0 Å². The lowest BCUT2D eigenvalue weighted by atomic mass is 10.0. The van der Waals surface area contributed by atoms with E-state index in [0.717, 1.165) is 12.8 Å². The molecule has 0 aromatic carbocycles. The Labute approximate surface area is 158 Å². The number of rotatable bonds is 18. The molecule has 0 aliphatic carbocycles. The molecule has 0 aromatic rings. The van der Waals surface area contributed by atoms with Gasteiger partial charge in [-0.15, -0.1) is 6.58 Å². The van der Waals surface area contributed by atoms with Gasteiger partial charge in [0.05, 0.1) is 0 Å². The minimum atomic E-state index is -1.94. The van der Waals surface area contributed by atoms with Crippen LogP contribution in [0.2, 0.25) is 13.1 Å². The zero-order valence-corrected chi connectivity index (χ0v) is 18.4. The van der Waals surface area contributed by atoms with Gasteiger partial charge >= 0.3 is 0 Å². The fourth-order valence-corrected chi connectivity index (χ4v) is 3.80. The average Bonchev–Trinajstić information content (AvgIpc) is 2.58. The minimum Gasteiger partial charge on any atom is -0.516 e. The van der Waals surface area contributed by atoms with Gasteiger partial charge in [0.25, 0.3) is 14.3 Å². The second kappa shape index (κ2) is 16.9. The van der Waals surface area contributed by atoms with Crippen molar-refractivity contribution in [3.63, 3.8) is 0 Å². The topological polar surface area (TPSA) is 26.3 Å². The van der Waals surface area contributed by atoms with Crippen LogP contribution in [-0.4, -0.2) is 14.3 Å². The summed E-state index contributed by atoms with van der Waals surface area (Å²) in [4.78, 5) is 11.7. The van der Waals surface area contributed by atoms with Crippen LogP contribution in [-0.2, 0) is 9.22 Å². The van der Waals surface area contributed by atoms with E-state index in [0.29, 0.717) is 6.42 Å². The Morgan fingerprint density at radius 1 is 0.760 bits per heavy atom. The fraction of sp³-hybridized carbons (Fsp3) is 0.864. The van der Waals surface area contributed by atoms with Crippen LogP contribution in [0.1, 0.15) is 110 Å². The van der Waals surface area contributed by atoms with Crippen molar-refractivity contribution in [1.82, 2.24) is 0 Å². The lowest BCUT2D eigenvalue weighted by molar-refractivity contribution is -0.135. The molecule has 0 radical (unpaired) electrons. The summed E-state index contributed by atoms with van der Waals surface area (Å²) in [6, 6.07) is 0. The van der Waals surface area contributed by atoms with E-state index in [9.17, 15) is 4.79 Å². The largest absolute Gasteiger partial charge is 0.516 e. The molecule has 0 aliphatic rings. The van der Waals surface area contributed by atoms with E-state index in [4.69, 9.17) is 4.43 Å². The van der Waals surface area contributed by atoms with Crippen LogP contribution in [0.4, 0.5) is 0 Å². The van der Waals surface area contributed by atoms with Gasteiger partial charge in [-0.05, 0) is 19.5 Å². The normalized spacial score (nSPS) is 11.5. The summed E-state index contributed by atoms with van der Waals surface area (Å²) >= 11 is 0. The molecule has 0 bridgehead atoms. The summed E-state index contributed by atoms with van der Waals surface area (Å²) in [5, 5.41) is 0. The van der Waals surface area contributed by atoms with Gasteiger partial charge in [0.1, 0.15) is 0 Å². The second-order valence-electron chi connectivity index (χ2n) is 7.98. The molecule has 0 aromatic heterocycles. The molecule has 0 heterocycles. The first-order valence-electron chi connectivity index (χ1n) is 10.9. The molecule has 0 aliphatic heterocycles. The van der Waals surface area contributed by atoms with E-state index in [-0.39, 0.29) is 5.97 Å². The molecule has 0 N–H and O–H groups in total. The predicted molar refractivity (Wildman–Crippen MR) is 113 cm³/mol. The minimum absolute atomic E-state index is 0.0359. The molecule has 0 saturated heterocycles. The van der Waals surface area contributed by atoms with Crippen LogP contribution in [0.15, 0.2) is 12.3 Å². The Morgan fingerprint density at radius 2 is 1.12 bits per heavy atom. The van der Waals surface area contributed by atoms with Crippen molar-refractivity contribution >= 4 is 14.3 Å². The van der Waals surface area contributed by atoms with Crippen LogP contribution in [0.3, 0.4) is 0 Å². The molecule has 2 nitrogen and oxygen atoms in total. The van der Waals surface area contributed by atoms with Crippen LogP contribution < -0.4 is 0 Å². The highest BCUT2D eigenvalue weighted by Crippen LogP contribution is 2.14. The van der Waals surface area contributed by atoms with Gasteiger partial charge in [0.2, 0.25) is 0 Å². The molecule has 3 heteroatoms. The van der Waals surface area contributed by atoms with Gasteiger partial charge in [-0.1, -0.05) is 103 Å². The first kappa shape index (κ1) is 24.4. The highest BCUT2D eigenvalue weighted by Gasteiger charge is 2.21. The standard InChI is InChI=1S/C22H44O2Si/c1-5-7-8-9-10-11-12-13-14-15-16-17-18-19-20-21-22(23)24-25(3,4)6-2/h6H,2,5,7-21H2,1,3-4H3. The van der Waals surface area contributed by atoms with E-state index in [1.807, 2.05) is 18.8 Å². The van der Waals surface area contributed by atoms with Crippen molar-refractivity contribution in [2.75, 3.05) is 0 Å². The fourth-order valence-electron chi connectivity index (χ4n) is 3.03. The molecular weight excluding hydrogens is 324 g/mol. The maximum Gasteiger partial charge on any atom is 0.292 e. The SMILES string of the molecule is C=C[Si](C)(C)OC(=O)CCCCCCCCCCCCCCCCC. The third kappa shape index (κ3) is 18.0. The molecule has 0 atom stereocenters. The molecule has 0 saturated carbocycles. The zero-order chi connectivity index (χ0) is 18.8. The summed E-state index contributed by atoms with van der Waals surface area (Å²) in [5.74, 6) is -0.0359. The summed E-state index contributed by atoms with van der Waals surface area (Å²) in [5.41, 5.74) is 1.82. The first-order chi connectivity index (χ1) is 12.0. The molecule has 0 amide bonds. The summed E-state index contributed by atoms with van der Waals surface area (Å²) in [6.45, 7) is 10.0. The summed E-state index contributed by atoms with van der Waals surface area (Å²) < 4.78 is 5.49. The number of hydrogen-bond donors (Lipinski definition) is 0. The maximum atomic E-state index is 11.7. The second-order valence-corrected chi connectivity index (χ2v) is 11.8. The van der Waals surface area contributed by atoms with Crippen LogP contribution in [0, 0.1) is 0 Å². The smallest absolute Gasteiger partial charge is 0.292 e. The van der Waals surface area contributed by atoms with Crippen LogP contribution >= 0.6 is 0 Å². The lowest BCUT2D eigenvalue weighted by Gasteiger charge is -2.18. The number of unbranched alkanes of at least 4 members (excludes halogenated alkanes) is 14. The lowest BCUT2D eigenvalue weighted by Crippen LogP contribution is -2.30. The number of carbonyl (C=O) groups is 1. The van der Waals surface area contributed by atoms with Gasteiger partial charge in [-0.2, -0.15) is 0 Å². The van der Waals surface area contributed by atoms with Crippen molar-refractivity contribution in [3.8, 4) is 0 Å². The molecule has 0 spiro atoms. The van der Waals surface area contributed by atoms with E-state index >= 15 is 0 Å². The quantitative estimate of drug-likeness (QED) is 0.183. The van der Waals surface area contributed by atoms with Crippen molar-refractivity contribution < 1.29 is 9.22 Å². The Kier molecular flexibility index (Phi) is 16.5. The number of carbonyl (C=O) groups excluding carboxylic acids is 1. The molecule has 0 rings (SSSR count). The van der Waals surface area contributed by atoms with Gasteiger partial charge in [0.15, 0.2) is 0 Å². The monoisotopic (exact) mass is 368 g/mol. The maximum absolute atomic E-state index is 11.7. The van der Waals surface area contributed by atoms with Crippen molar-refractivity contribution in [1.29, 1.82) is 0 Å². The average molecular weight is 369 g/mol. The molecule has 0 fully saturated rings. The number of hydrogen-bond acceptors (Lipinski definition) is 2. The molecule has 148 valence electrons. The van der Waals surface area contributed by atoms with E-state index in [1.54, 1.807) is 0 Å². The van der Waals surface area contributed by atoms with Crippen molar-refractivity contribution in [2.45, 2.75) is 123 Å². The third-order valence-corrected chi connectivity index (χ3v) is 6.59. The Hall–Kier alpha value is -0.573. The van der Waals surface area contributed by atoms with E-state index in [2.05, 4.69) is 13.5 Å². The Bertz CT molecular complexity index is 326. The van der Waals surface area contributed by atoms with Gasteiger partial charge in [-0.3, -0.25) is 4.79 Å². The zero-order valence-electron chi connectivity index (χ0n) is 17.4. The van der Waals surface area contributed by atoms with E-state index in [1.165, 1.54) is 83.5 Å². The van der Waals surface area contributed by atoms with Crippen LogP contribution in [0.25, 0.3) is 0 Å². The van der Waals surface area contributed by atoms with E-state index < -0.39 is 8.32 Å². The van der Waals surface area contributed by atoms with Gasteiger partial charge in [0, 0.05) is 6.42 Å². The Balaban J connectivity index is 3.21. The molecular formula is C22H44O2Si. The highest BCUT2D eigenvalue weighted by atomic mass is 28.4.